The molecule has 4 N–H and O–H groups in total. The van der Waals surface area contributed by atoms with Crippen molar-refractivity contribution in [3.8, 4) is 0 Å². The number of aromatic nitrogens is 2. The molecule has 0 aliphatic carbocycles. The van der Waals surface area contributed by atoms with Crippen LogP contribution >= 0.6 is 0 Å². The molecule has 0 saturated carbocycles. The minimum absolute atomic E-state index is 0.238. The van der Waals surface area contributed by atoms with Crippen LogP contribution in [-0.4, -0.2) is 39.5 Å². The van der Waals surface area contributed by atoms with E-state index in [1.54, 1.807) is 0 Å². The second-order valence-electron chi connectivity index (χ2n) is 3.82. The maximum Gasteiger partial charge on any atom is 0.320 e. The summed E-state index contributed by atoms with van der Waals surface area (Å²) < 4.78 is 0. The van der Waals surface area contributed by atoms with Gasteiger partial charge in [-0.2, -0.15) is 0 Å². The van der Waals surface area contributed by atoms with Gasteiger partial charge in [-0.1, -0.05) is 0 Å². The average Bonchev–Trinajstić information content (AvgIpc) is 2.38. The van der Waals surface area contributed by atoms with E-state index in [1.807, 2.05) is 0 Å². The van der Waals surface area contributed by atoms with Crippen LogP contribution in [0.4, 0.5) is 0 Å². The topological polar surface area (TPSA) is 118 Å². The summed E-state index contributed by atoms with van der Waals surface area (Å²) in [6, 6.07) is -0.830. The van der Waals surface area contributed by atoms with Crippen molar-refractivity contribution >= 4 is 11.9 Å². The van der Waals surface area contributed by atoms with Crippen LogP contribution in [0.15, 0.2) is 18.7 Å². The van der Waals surface area contributed by atoms with Crippen LogP contribution in [0, 0.1) is 0 Å². The highest BCUT2D eigenvalue weighted by Gasteiger charge is 2.10. The van der Waals surface area contributed by atoms with Crippen LogP contribution in [-0.2, 0) is 4.79 Å². The monoisotopic (exact) mass is 252 g/mol. The Kier molecular flexibility index (Phi) is 5.72. The lowest BCUT2D eigenvalue weighted by Gasteiger charge is -2.07. The van der Waals surface area contributed by atoms with E-state index in [4.69, 9.17) is 10.8 Å². The fourth-order valence-corrected chi connectivity index (χ4v) is 1.33. The molecule has 1 rings (SSSR count). The Bertz CT molecular complexity index is 397. The highest BCUT2D eigenvalue weighted by atomic mass is 16.4. The molecule has 0 unspecified atom stereocenters. The zero-order chi connectivity index (χ0) is 13.4. The van der Waals surface area contributed by atoms with Crippen molar-refractivity contribution in [1.82, 2.24) is 15.3 Å². The molecule has 0 spiro atoms. The number of nitrogens with two attached hydrogens (primary N) is 1. The molecule has 1 heterocycles. The maximum atomic E-state index is 11.5. The third kappa shape index (κ3) is 4.88. The van der Waals surface area contributed by atoms with Crippen LogP contribution in [0.25, 0.3) is 0 Å². The van der Waals surface area contributed by atoms with Crippen molar-refractivity contribution in [1.29, 1.82) is 0 Å². The predicted molar refractivity (Wildman–Crippen MR) is 63.8 cm³/mol. The summed E-state index contributed by atoms with van der Waals surface area (Å²) in [6.07, 6.45) is 5.95. The molecular weight excluding hydrogens is 236 g/mol. The first-order chi connectivity index (χ1) is 8.61. The van der Waals surface area contributed by atoms with Crippen LogP contribution < -0.4 is 11.1 Å². The number of carboxylic acid groups (broad SMARTS) is 1. The molecular formula is C11H16N4O3. The third-order valence-corrected chi connectivity index (χ3v) is 2.37. The first-order valence-corrected chi connectivity index (χ1v) is 5.63. The molecule has 0 bridgehead atoms. The zero-order valence-electron chi connectivity index (χ0n) is 9.87. The normalized spacial score (nSPS) is 11.8. The standard InChI is InChI=1S/C11H16N4O3/c12-9(11(17)18)3-1-2-4-15-10(16)8-5-13-7-14-6-8/h5-7,9H,1-4,12H2,(H,15,16)(H,17,18)/t9-/m0/s1. The molecule has 7 nitrogen and oxygen atoms in total. The fraction of sp³-hybridized carbons (Fsp3) is 0.455. The molecule has 0 aliphatic heterocycles. The molecule has 0 radical (unpaired) electrons. The second-order valence-corrected chi connectivity index (χ2v) is 3.82. The van der Waals surface area contributed by atoms with E-state index in [0.717, 1.165) is 0 Å². The van der Waals surface area contributed by atoms with E-state index >= 15 is 0 Å². The summed E-state index contributed by atoms with van der Waals surface area (Å²) in [6.45, 7) is 0.472. The molecule has 0 saturated heterocycles. The van der Waals surface area contributed by atoms with Crippen molar-refractivity contribution in [3.05, 3.63) is 24.3 Å². The molecule has 0 fully saturated rings. The Balaban J connectivity index is 2.15. The first kappa shape index (κ1) is 14.0. The summed E-state index contributed by atoms with van der Waals surface area (Å²) in [4.78, 5) is 29.5. The number of hydrogen-bond acceptors (Lipinski definition) is 5. The van der Waals surface area contributed by atoms with Crippen LogP contribution in [0.1, 0.15) is 29.6 Å². The van der Waals surface area contributed by atoms with E-state index in [0.29, 0.717) is 31.4 Å². The summed E-state index contributed by atoms with van der Waals surface area (Å²) in [7, 11) is 0. The molecule has 7 heteroatoms. The Labute approximate surface area is 104 Å². The van der Waals surface area contributed by atoms with Gasteiger partial charge in [0.05, 0.1) is 5.56 Å². The number of aliphatic carboxylic acids is 1. The van der Waals surface area contributed by atoms with Gasteiger partial charge in [-0.05, 0) is 19.3 Å². The number of nitrogens with zero attached hydrogens (tertiary/aromatic N) is 2. The summed E-state index contributed by atoms with van der Waals surface area (Å²) >= 11 is 0. The molecule has 98 valence electrons. The molecule has 1 amide bonds. The summed E-state index contributed by atoms with van der Waals surface area (Å²) in [5, 5.41) is 11.3. The molecule has 1 aromatic rings. The maximum absolute atomic E-state index is 11.5. The third-order valence-electron chi connectivity index (χ3n) is 2.37. The number of hydrogen-bond donors (Lipinski definition) is 3. The van der Waals surface area contributed by atoms with Crippen molar-refractivity contribution < 1.29 is 14.7 Å². The minimum Gasteiger partial charge on any atom is -0.480 e. The number of amides is 1. The number of rotatable bonds is 7. The van der Waals surface area contributed by atoms with Gasteiger partial charge in [0.2, 0.25) is 0 Å². The van der Waals surface area contributed by atoms with Crippen molar-refractivity contribution in [2.75, 3.05) is 6.54 Å². The van der Waals surface area contributed by atoms with Gasteiger partial charge in [0, 0.05) is 18.9 Å². The number of carboxylic acids is 1. The van der Waals surface area contributed by atoms with Crippen molar-refractivity contribution in [3.63, 3.8) is 0 Å². The Morgan fingerprint density at radius 2 is 2.00 bits per heavy atom. The van der Waals surface area contributed by atoms with Gasteiger partial charge >= 0.3 is 5.97 Å². The Morgan fingerprint density at radius 1 is 1.33 bits per heavy atom. The first-order valence-electron chi connectivity index (χ1n) is 5.63. The zero-order valence-corrected chi connectivity index (χ0v) is 9.87. The van der Waals surface area contributed by atoms with Crippen LogP contribution in [0.2, 0.25) is 0 Å². The minimum atomic E-state index is -1.000. The van der Waals surface area contributed by atoms with E-state index in [-0.39, 0.29) is 5.91 Å². The lowest BCUT2D eigenvalue weighted by atomic mass is 10.1. The van der Waals surface area contributed by atoms with Gasteiger partial charge in [0.1, 0.15) is 12.4 Å². The highest BCUT2D eigenvalue weighted by Crippen LogP contribution is 1.99. The van der Waals surface area contributed by atoms with E-state index in [9.17, 15) is 9.59 Å². The van der Waals surface area contributed by atoms with Crippen LogP contribution in [0.3, 0.4) is 0 Å². The average molecular weight is 252 g/mol. The van der Waals surface area contributed by atoms with Crippen LogP contribution in [0.5, 0.6) is 0 Å². The molecule has 0 aliphatic rings. The second kappa shape index (κ2) is 7.33. The highest BCUT2D eigenvalue weighted by molar-refractivity contribution is 5.93. The SMILES string of the molecule is N[C@@H](CCCCNC(=O)c1cncnc1)C(=O)O. The van der Waals surface area contributed by atoms with E-state index in [2.05, 4.69) is 15.3 Å². The fourth-order valence-electron chi connectivity index (χ4n) is 1.33. The number of unbranched alkanes of at least 4 members (excludes halogenated alkanes) is 1. The van der Waals surface area contributed by atoms with Gasteiger partial charge in [0.25, 0.3) is 5.91 Å². The summed E-state index contributed by atoms with van der Waals surface area (Å²) in [5.74, 6) is -1.24. The predicted octanol–water partition coefficient (Wildman–Crippen LogP) is -0.211. The van der Waals surface area contributed by atoms with Gasteiger partial charge in [0.15, 0.2) is 0 Å². The van der Waals surface area contributed by atoms with Crippen molar-refractivity contribution in [2.24, 2.45) is 5.73 Å². The molecule has 18 heavy (non-hydrogen) atoms. The number of carbonyl (C=O) groups excluding carboxylic acids is 1. The molecule has 1 atom stereocenters. The number of carbonyl (C=O) groups is 2. The Hall–Kier alpha value is -2.02. The lowest BCUT2D eigenvalue weighted by molar-refractivity contribution is -0.138. The van der Waals surface area contributed by atoms with Gasteiger partial charge in [-0.15, -0.1) is 0 Å². The number of nitrogens with one attached hydrogen (secondary N) is 1. The smallest absolute Gasteiger partial charge is 0.320 e. The van der Waals surface area contributed by atoms with E-state index < -0.39 is 12.0 Å². The Morgan fingerprint density at radius 3 is 2.61 bits per heavy atom. The van der Waals surface area contributed by atoms with Crippen molar-refractivity contribution in [2.45, 2.75) is 25.3 Å². The van der Waals surface area contributed by atoms with Gasteiger partial charge in [-0.3, -0.25) is 9.59 Å². The molecule has 1 aromatic heterocycles. The van der Waals surface area contributed by atoms with E-state index in [1.165, 1.54) is 18.7 Å². The lowest BCUT2D eigenvalue weighted by Crippen LogP contribution is -2.30. The largest absolute Gasteiger partial charge is 0.480 e. The molecule has 0 aromatic carbocycles. The summed E-state index contributed by atoms with van der Waals surface area (Å²) in [5.41, 5.74) is 5.75. The van der Waals surface area contributed by atoms with Gasteiger partial charge < -0.3 is 16.2 Å². The quantitative estimate of drug-likeness (QED) is 0.578. The van der Waals surface area contributed by atoms with Gasteiger partial charge in [-0.25, -0.2) is 9.97 Å².